The van der Waals surface area contributed by atoms with Gasteiger partial charge in [-0.3, -0.25) is 0 Å². The summed E-state index contributed by atoms with van der Waals surface area (Å²) in [5.41, 5.74) is 0. The molecule has 1 aromatic carbocycles. The summed E-state index contributed by atoms with van der Waals surface area (Å²) >= 11 is 0. The highest BCUT2D eigenvalue weighted by Gasteiger charge is 2.21. The topological polar surface area (TPSA) is 32.7 Å². The maximum atomic E-state index is 9.64. The van der Waals surface area contributed by atoms with Crippen LogP contribution in [0.25, 0.3) is 0 Å². The van der Waals surface area contributed by atoms with Crippen LogP contribution in [-0.2, 0) is 0 Å². The molecule has 1 heterocycles. The summed E-state index contributed by atoms with van der Waals surface area (Å²) in [4.78, 5) is 2.33. The fraction of sp³-hybridized carbons (Fsp3) is 0.600. The van der Waals surface area contributed by atoms with E-state index in [-0.39, 0.29) is 6.10 Å². The molecule has 1 aliphatic heterocycles. The fourth-order valence-corrected chi connectivity index (χ4v) is 2.33. The molecule has 3 heteroatoms. The molecule has 0 aliphatic carbocycles. The average Bonchev–Trinajstić information content (AvgIpc) is 2.42. The number of nitrogens with zero attached hydrogens (tertiary/aromatic N) is 1. The van der Waals surface area contributed by atoms with Crippen LogP contribution in [-0.4, -0.2) is 41.8 Å². The predicted octanol–water partition coefficient (Wildman–Crippen LogP) is 2.30. The first-order valence-corrected chi connectivity index (χ1v) is 6.90. The highest BCUT2D eigenvalue weighted by atomic mass is 16.5. The lowest BCUT2D eigenvalue weighted by Crippen LogP contribution is -2.41. The first kappa shape index (κ1) is 13.4. The van der Waals surface area contributed by atoms with Gasteiger partial charge in [0.1, 0.15) is 11.9 Å². The smallest absolute Gasteiger partial charge is 0.119 e. The maximum Gasteiger partial charge on any atom is 0.119 e. The van der Waals surface area contributed by atoms with Crippen LogP contribution in [0, 0.1) is 0 Å². The molecule has 0 spiro atoms. The minimum Gasteiger partial charge on any atom is -0.490 e. The molecular weight excluding hydrogens is 226 g/mol. The zero-order valence-electron chi connectivity index (χ0n) is 11.1. The number of rotatable bonds is 5. The van der Waals surface area contributed by atoms with E-state index in [9.17, 15) is 5.11 Å². The van der Waals surface area contributed by atoms with E-state index in [2.05, 4.69) is 4.90 Å². The summed E-state index contributed by atoms with van der Waals surface area (Å²) in [5, 5.41) is 9.64. The minimum atomic E-state index is -0.184. The van der Waals surface area contributed by atoms with Crippen LogP contribution in [0.5, 0.6) is 5.75 Å². The maximum absolute atomic E-state index is 9.64. The van der Waals surface area contributed by atoms with Crippen molar-refractivity contribution in [1.29, 1.82) is 0 Å². The third-order valence-electron chi connectivity index (χ3n) is 3.52. The van der Waals surface area contributed by atoms with E-state index in [0.717, 1.165) is 44.6 Å². The summed E-state index contributed by atoms with van der Waals surface area (Å²) in [5.74, 6) is 0.963. The van der Waals surface area contributed by atoms with Crippen molar-refractivity contribution < 1.29 is 9.84 Å². The molecular formula is C15H23NO2. The number of hydrogen-bond donors (Lipinski definition) is 1. The second-order valence-corrected chi connectivity index (χ2v) is 4.99. The number of ether oxygens (including phenoxy) is 1. The van der Waals surface area contributed by atoms with E-state index in [1.54, 1.807) is 0 Å². The van der Waals surface area contributed by atoms with Gasteiger partial charge in [0.15, 0.2) is 0 Å². The van der Waals surface area contributed by atoms with E-state index in [1.165, 1.54) is 0 Å². The van der Waals surface area contributed by atoms with Gasteiger partial charge < -0.3 is 14.7 Å². The van der Waals surface area contributed by atoms with E-state index in [0.29, 0.717) is 6.10 Å². The van der Waals surface area contributed by atoms with Gasteiger partial charge >= 0.3 is 0 Å². The summed E-state index contributed by atoms with van der Waals surface area (Å²) in [7, 11) is 0. The molecule has 1 aromatic rings. The standard InChI is InChI=1S/C15H23NO2/c1-2-13(17)12-16-10-8-15(9-11-16)18-14-6-4-3-5-7-14/h3-7,13,15,17H,2,8-12H2,1H3/t13-/m1/s1. The Kier molecular flexibility index (Phi) is 5.02. The van der Waals surface area contributed by atoms with Crippen molar-refractivity contribution in [1.82, 2.24) is 4.90 Å². The van der Waals surface area contributed by atoms with Crippen LogP contribution < -0.4 is 4.74 Å². The monoisotopic (exact) mass is 249 g/mol. The Morgan fingerprint density at radius 1 is 1.28 bits per heavy atom. The number of hydrogen-bond acceptors (Lipinski definition) is 3. The predicted molar refractivity (Wildman–Crippen MR) is 72.8 cm³/mol. The van der Waals surface area contributed by atoms with Crippen molar-refractivity contribution in [2.45, 2.75) is 38.4 Å². The molecule has 18 heavy (non-hydrogen) atoms. The van der Waals surface area contributed by atoms with Gasteiger partial charge in [-0.15, -0.1) is 0 Å². The van der Waals surface area contributed by atoms with E-state index in [4.69, 9.17) is 4.74 Å². The van der Waals surface area contributed by atoms with Crippen LogP contribution in [0.2, 0.25) is 0 Å². The van der Waals surface area contributed by atoms with Crippen molar-refractivity contribution in [3.63, 3.8) is 0 Å². The van der Waals surface area contributed by atoms with E-state index < -0.39 is 0 Å². The molecule has 0 radical (unpaired) electrons. The highest BCUT2D eigenvalue weighted by Crippen LogP contribution is 2.18. The second-order valence-electron chi connectivity index (χ2n) is 4.99. The number of aliphatic hydroxyl groups is 1. The Bertz CT molecular complexity index is 334. The first-order valence-electron chi connectivity index (χ1n) is 6.90. The molecule has 3 nitrogen and oxygen atoms in total. The second kappa shape index (κ2) is 6.76. The molecule has 0 aromatic heterocycles. The first-order chi connectivity index (χ1) is 8.78. The molecule has 0 amide bonds. The summed E-state index contributed by atoms with van der Waals surface area (Å²) in [6.07, 6.45) is 3.07. The largest absolute Gasteiger partial charge is 0.490 e. The van der Waals surface area contributed by atoms with Gasteiger partial charge in [0.2, 0.25) is 0 Å². The summed E-state index contributed by atoms with van der Waals surface area (Å²) in [6.45, 7) is 4.87. The Balaban J connectivity index is 1.73. The molecule has 1 fully saturated rings. The van der Waals surface area contributed by atoms with Crippen molar-refractivity contribution in [3.8, 4) is 5.75 Å². The third kappa shape index (κ3) is 4.00. The molecule has 1 atom stereocenters. The zero-order valence-corrected chi connectivity index (χ0v) is 11.1. The molecule has 100 valence electrons. The number of benzene rings is 1. The van der Waals surface area contributed by atoms with Gasteiger partial charge in [-0.05, 0) is 31.4 Å². The Morgan fingerprint density at radius 3 is 2.56 bits per heavy atom. The summed E-state index contributed by atoms with van der Waals surface area (Å²) < 4.78 is 5.95. The molecule has 1 N–H and O–H groups in total. The Morgan fingerprint density at radius 2 is 1.94 bits per heavy atom. The van der Waals surface area contributed by atoms with Gasteiger partial charge in [-0.2, -0.15) is 0 Å². The number of piperidine rings is 1. The SMILES string of the molecule is CC[C@@H](O)CN1CCC(Oc2ccccc2)CC1. The summed E-state index contributed by atoms with van der Waals surface area (Å²) in [6, 6.07) is 10.0. The molecule has 0 saturated carbocycles. The van der Waals surface area contributed by atoms with Gasteiger partial charge in [-0.25, -0.2) is 0 Å². The molecule has 0 bridgehead atoms. The van der Waals surface area contributed by atoms with Crippen LogP contribution in [0.1, 0.15) is 26.2 Å². The molecule has 0 unspecified atom stereocenters. The van der Waals surface area contributed by atoms with Gasteiger partial charge in [0.05, 0.1) is 6.10 Å². The third-order valence-corrected chi connectivity index (χ3v) is 3.52. The van der Waals surface area contributed by atoms with Crippen LogP contribution >= 0.6 is 0 Å². The number of para-hydroxylation sites is 1. The lowest BCUT2D eigenvalue weighted by molar-refractivity contribution is 0.0600. The number of aliphatic hydroxyl groups excluding tert-OH is 1. The van der Waals surface area contributed by atoms with Crippen LogP contribution in [0.3, 0.4) is 0 Å². The quantitative estimate of drug-likeness (QED) is 0.869. The molecule has 2 rings (SSSR count). The van der Waals surface area contributed by atoms with Crippen molar-refractivity contribution >= 4 is 0 Å². The van der Waals surface area contributed by atoms with E-state index in [1.807, 2.05) is 37.3 Å². The van der Waals surface area contributed by atoms with Gasteiger partial charge in [0.25, 0.3) is 0 Å². The highest BCUT2D eigenvalue weighted by molar-refractivity contribution is 5.21. The Labute approximate surface area is 109 Å². The van der Waals surface area contributed by atoms with Gasteiger partial charge in [0, 0.05) is 19.6 Å². The number of likely N-dealkylation sites (tertiary alicyclic amines) is 1. The lowest BCUT2D eigenvalue weighted by atomic mass is 10.1. The van der Waals surface area contributed by atoms with Crippen LogP contribution in [0.4, 0.5) is 0 Å². The van der Waals surface area contributed by atoms with Crippen LogP contribution in [0.15, 0.2) is 30.3 Å². The lowest BCUT2D eigenvalue weighted by Gasteiger charge is -2.33. The van der Waals surface area contributed by atoms with Crippen molar-refractivity contribution in [2.75, 3.05) is 19.6 Å². The van der Waals surface area contributed by atoms with E-state index >= 15 is 0 Å². The van der Waals surface area contributed by atoms with Crippen molar-refractivity contribution in [2.24, 2.45) is 0 Å². The fourth-order valence-electron chi connectivity index (χ4n) is 2.33. The Hall–Kier alpha value is -1.06. The average molecular weight is 249 g/mol. The van der Waals surface area contributed by atoms with Crippen molar-refractivity contribution in [3.05, 3.63) is 30.3 Å². The molecule has 1 saturated heterocycles. The number of β-amino-alcohol motifs (C(OH)–C–C–N with tert-alkyl or cyclic N) is 1. The molecule has 1 aliphatic rings. The van der Waals surface area contributed by atoms with Gasteiger partial charge in [-0.1, -0.05) is 25.1 Å². The minimum absolute atomic E-state index is 0.184. The normalized spacial score (nSPS) is 19.7. The zero-order chi connectivity index (χ0) is 12.8.